The Labute approximate surface area is 119 Å². The Bertz CT molecular complexity index is 597. The van der Waals surface area contributed by atoms with Crippen LogP contribution in [0, 0.1) is 5.92 Å². The van der Waals surface area contributed by atoms with E-state index < -0.39 is 5.60 Å². The molecule has 1 aromatic carbocycles. The predicted octanol–water partition coefficient (Wildman–Crippen LogP) is 1.87. The van der Waals surface area contributed by atoms with Gasteiger partial charge < -0.3 is 10.4 Å². The molecule has 0 aliphatic carbocycles. The van der Waals surface area contributed by atoms with E-state index in [2.05, 4.69) is 22.5 Å². The van der Waals surface area contributed by atoms with Crippen LogP contribution in [0.15, 0.2) is 24.3 Å². The zero-order chi connectivity index (χ0) is 14.2. The van der Waals surface area contributed by atoms with E-state index in [9.17, 15) is 5.11 Å². The van der Waals surface area contributed by atoms with Crippen molar-refractivity contribution in [1.29, 1.82) is 0 Å². The van der Waals surface area contributed by atoms with Gasteiger partial charge in [0.25, 0.3) is 0 Å². The fourth-order valence-corrected chi connectivity index (χ4v) is 3.29. The average Bonchev–Trinajstić information content (AvgIpc) is 2.76. The van der Waals surface area contributed by atoms with Crippen LogP contribution in [0.4, 0.5) is 0 Å². The van der Waals surface area contributed by atoms with Crippen molar-refractivity contribution in [3.8, 4) is 0 Å². The Balaban J connectivity index is 1.88. The smallest absolute Gasteiger partial charge is 0.0731 e. The monoisotopic (exact) mass is 273 g/mol. The van der Waals surface area contributed by atoms with Gasteiger partial charge in [-0.1, -0.05) is 18.2 Å². The Morgan fingerprint density at radius 1 is 1.45 bits per heavy atom. The summed E-state index contributed by atoms with van der Waals surface area (Å²) in [5.74, 6) is 0.303. The first-order chi connectivity index (χ1) is 9.58. The number of aromatic nitrogens is 2. The molecular weight excluding hydrogens is 250 g/mol. The molecule has 0 radical (unpaired) electrons. The molecule has 4 nitrogen and oxygen atoms in total. The molecule has 1 aliphatic heterocycles. The second-order valence-electron chi connectivity index (χ2n) is 6.16. The third-order valence-electron chi connectivity index (χ3n) is 4.54. The van der Waals surface area contributed by atoms with E-state index in [4.69, 9.17) is 0 Å². The van der Waals surface area contributed by atoms with E-state index in [-0.39, 0.29) is 0 Å². The molecule has 20 heavy (non-hydrogen) atoms. The molecule has 4 heteroatoms. The van der Waals surface area contributed by atoms with Gasteiger partial charge in [0.15, 0.2) is 0 Å². The molecule has 3 rings (SSSR count). The van der Waals surface area contributed by atoms with Crippen LogP contribution in [0.2, 0.25) is 0 Å². The minimum atomic E-state index is -0.704. The van der Waals surface area contributed by atoms with E-state index in [0.29, 0.717) is 12.3 Å². The van der Waals surface area contributed by atoms with Crippen LogP contribution in [0.5, 0.6) is 0 Å². The fraction of sp³-hybridized carbons (Fsp3) is 0.562. The predicted molar refractivity (Wildman–Crippen MR) is 80.6 cm³/mol. The molecule has 1 fully saturated rings. The average molecular weight is 273 g/mol. The van der Waals surface area contributed by atoms with Crippen molar-refractivity contribution >= 4 is 10.9 Å². The van der Waals surface area contributed by atoms with Gasteiger partial charge in [0, 0.05) is 31.3 Å². The number of fused-ring (bicyclic) bond motifs is 1. The SMILES string of the molecule is Cn1nc(CC(C)(O)C2CCCNC2)c2ccccc21. The first-order valence-corrected chi connectivity index (χ1v) is 7.41. The number of hydrogen-bond acceptors (Lipinski definition) is 3. The quantitative estimate of drug-likeness (QED) is 0.897. The topological polar surface area (TPSA) is 50.1 Å². The number of hydrogen-bond donors (Lipinski definition) is 2. The number of nitrogens with zero attached hydrogens (tertiary/aromatic N) is 2. The zero-order valence-electron chi connectivity index (χ0n) is 12.3. The van der Waals surface area contributed by atoms with Gasteiger partial charge in [-0.05, 0) is 32.4 Å². The van der Waals surface area contributed by atoms with E-state index in [1.165, 1.54) is 0 Å². The second kappa shape index (κ2) is 5.19. The summed E-state index contributed by atoms with van der Waals surface area (Å²) in [5.41, 5.74) is 1.42. The largest absolute Gasteiger partial charge is 0.389 e. The van der Waals surface area contributed by atoms with Gasteiger partial charge in [0.1, 0.15) is 0 Å². The Hall–Kier alpha value is -1.39. The summed E-state index contributed by atoms with van der Waals surface area (Å²) in [4.78, 5) is 0. The molecule has 1 aromatic heterocycles. The van der Waals surface area contributed by atoms with Gasteiger partial charge in [-0.3, -0.25) is 4.68 Å². The molecule has 2 heterocycles. The van der Waals surface area contributed by atoms with Gasteiger partial charge in [0.05, 0.1) is 16.8 Å². The third kappa shape index (κ3) is 2.45. The Morgan fingerprint density at radius 3 is 3.00 bits per heavy atom. The highest BCUT2D eigenvalue weighted by Crippen LogP contribution is 2.29. The molecule has 1 saturated heterocycles. The van der Waals surface area contributed by atoms with Crippen molar-refractivity contribution in [2.24, 2.45) is 13.0 Å². The van der Waals surface area contributed by atoms with Crippen LogP contribution in [-0.4, -0.2) is 33.6 Å². The molecule has 2 atom stereocenters. The molecule has 2 aromatic rings. The van der Waals surface area contributed by atoms with Crippen LogP contribution < -0.4 is 5.32 Å². The van der Waals surface area contributed by atoms with Gasteiger partial charge >= 0.3 is 0 Å². The van der Waals surface area contributed by atoms with Crippen LogP contribution in [-0.2, 0) is 13.5 Å². The van der Waals surface area contributed by atoms with Crippen LogP contribution in [0.1, 0.15) is 25.5 Å². The van der Waals surface area contributed by atoms with Crippen LogP contribution in [0.25, 0.3) is 10.9 Å². The highest BCUT2D eigenvalue weighted by molar-refractivity contribution is 5.81. The number of para-hydroxylation sites is 1. The van der Waals surface area contributed by atoms with Crippen LogP contribution >= 0.6 is 0 Å². The van der Waals surface area contributed by atoms with E-state index in [0.717, 1.165) is 42.5 Å². The summed E-state index contributed by atoms with van der Waals surface area (Å²) in [5, 5.41) is 20.0. The molecule has 2 N–H and O–H groups in total. The lowest BCUT2D eigenvalue weighted by Gasteiger charge is -2.35. The minimum Gasteiger partial charge on any atom is -0.389 e. The van der Waals surface area contributed by atoms with Crippen LogP contribution in [0.3, 0.4) is 0 Å². The maximum absolute atomic E-state index is 10.9. The van der Waals surface area contributed by atoms with Crippen molar-refractivity contribution < 1.29 is 5.11 Å². The number of rotatable bonds is 3. The van der Waals surface area contributed by atoms with Crippen molar-refractivity contribution in [1.82, 2.24) is 15.1 Å². The number of nitrogens with one attached hydrogen (secondary N) is 1. The van der Waals surface area contributed by atoms with E-state index in [1.807, 2.05) is 30.8 Å². The van der Waals surface area contributed by atoms with E-state index in [1.54, 1.807) is 0 Å². The maximum Gasteiger partial charge on any atom is 0.0731 e. The van der Waals surface area contributed by atoms with Gasteiger partial charge in [-0.15, -0.1) is 0 Å². The molecule has 0 bridgehead atoms. The second-order valence-corrected chi connectivity index (χ2v) is 6.16. The molecule has 0 amide bonds. The molecule has 108 valence electrons. The fourth-order valence-electron chi connectivity index (χ4n) is 3.29. The Kier molecular flexibility index (Phi) is 3.52. The lowest BCUT2D eigenvalue weighted by molar-refractivity contribution is -0.0108. The first kappa shape index (κ1) is 13.6. The highest BCUT2D eigenvalue weighted by Gasteiger charge is 2.34. The summed E-state index contributed by atoms with van der Waals surface area (Å²) in [6.07, 6.45) is 2.84. The number of aryl methyl sites for hydroxylation is 1. The maximum atomic E-state index is 10.9. The molecule has 0 saturated carbocycles. The molecule has 0 spiro atoms. The third-order valence-corrected chi connectivity index (χ3v) is 4.54. The summed E-state index contributed by atoms with van der Waals surface area (Å²) in [6.45, 7) is 3.92. The zero-order valence-corrected chi connectivity index (χ0v) is 12.3. The first-order valence-electron chi connectivity index (χ1n) is 7.41. The van der Waals surface area contributed by atoms with Gasteiger partial charge in [-0.25, -0.2) is 0 Å². The van der Waals surface area contributed by atoms with Gasteiger partial charge in [-0.2, -0.15) is 5.10 Å². The highest BCUT2D eigenvalue weighted by atomic mass is 16.3. The number of benzene rings is 1. The standard InChI is InChI=1S/C16H23N3O/c1-16(20,12-6-5-9-17-11-12)10-14-13-7-3-4-8-15(13)19(2)18-14/h3-4,7-8,12,17,20H,5-6,9-11H2,1-2H3. The lowest BCUT2D eigenvalue weighted by atomic mass is 9.80. The van der Waals surface area contributed by atoms with Crippen molar-refractivity contribution in [2.45, 2.75) is 31.8 Å². The molecule has 2 unspecified atom stereocenters. The lowest BCUT2D eigenvalue weighted by Crippen LogP contribution is -2.45. The van der Waals surface area contributed by atoms with Crippen molar-refractivity contribution in [2.75, 3.05) is 13.1 Å². The van der Waals surface area contributed by atoms with E-state index >= 15 is 0 Å². The Morgan fingerprint density at radius 2 is 2.25 bits per heavy atom. The molecular formula is C16H23N3O. The van der Waals surface area contributed by atoms with Crippen molar-refractivity contribution in [3.63, 3.8) is 0 Å². The number of aliphatic hydroxyl groups is 1. The molecule has 1 aliphatic rings. The minimum absolute atomic E-state index is 0.303. The van der Waals surface area contributed by atoms with Crippen molar-refractivity contribution in [3.05, 3.63) is 30.0 Å². The van der Waals surface area contributed by atoms with Gasteiger partial charge in [0.2, 0.25) is 0 Å². The number of piperidine rings is 1. The summed E-state index contributed by atoms with van der Waals surface area (Å²) in [7, 11) is 1.96. The normalized spacial score (nSPS) is 22.9. The summed E-state index contributed by atoms with van der Waals surface area (Å²) < 4.78 is 1.90. The summed E-state index contributed by atoms with van der Waals surface area (Å²) in [6, 6.07) is 8.22. The summed E-state index contributed by atoms with van der Waals surface area (Å²) >= 11 is 0.